The third-order valence-corrected chi connectivity index (χ3v) is 3.49. The van der Waals surface area contributed by atoms with Crippen molar-refractivity contribution in [2.24, 2.45) is 0 Å². The van der Waals surface area contributed by atoms with Crippen molar-refractivity contribution < 1.29 is 33.6 Å². The largest absolute Gasteiger partial charge is 0.490 e. The summed E-state index contributed by atoms with van der Waals surface area (Å²) in [6, 6.07) is 12.8. The summed E-state index contributed by atoms with van der Waals surface area (Å²) in [5, 5.41) is 9.45. The van der Waals surface area contributed by atoms with Crippen molar-refractivity contribution >= 4 is 11.9 Å². The Labute approximate surface area is 151 Å². The molecular formula is C19H20O7. The van der Waals surface area contributed by atoms with E-state index in [1.807, 2.05) is 0 Å². The second kappa shape index (κ2) is 9.43. The SMILES string of the molecule is COC(=O)c1ccc(OCC(CO)Oc2ccc(C(=O)OC)cc2)cc1. The third kappa shape index (κ3) is 5.22. The Morgan fingerprint density at radius 2 is 1.31 bits per heavy atom. The van der Waals surface area contributed by atoms with Gasteiger partial charge in [-0.1, -0.05) is 0 Å². The van der Waals surface area contributed by atoms with Crippen molar-refractivity contribution in [3.05, 3.63) is 59.7 Å². The number of methoxy groups -OCH3 is 2. The molecule has 0 radical (unpaired) electrons. The Morgan fingerprint density at radius 1 is 0.846 bits per heavy atom. The number of carbonyl (C=O) groups is 2. The zero-order valence-corrected chi connectivity index (χ0v) is 14.5. The summed E-state index contributed by atoms with van der Waals surface area (Å²) in [6.07, 6.45) is -0.598. The number of hydrogen-bond acceptors (Lipinski definition) is 7. The van der Waals surface area contributed by atoms with E-state index in [-0.39, 0.29) is 13.2 Å². The minimum absolute atomic E-state index is 0.104. The molecule has 0 spiro atoms. The minimum Gasteiger partial charge on any atom is -0.490 e. The summed E-state index contributed by atoms with van der Waals surface area (Å²) < 4.78 is 20.5. The van der Waals surface area contributed by atoms with Crippen molar-refractivity contribution in [2.75, 3.05) is 27.4 Å². The van der Waals surface area contributed by atoms with Crippen LogP contribution in [0.5, 0.6) is 11.5 Å². The van der Waals surface area contributed by atoms with Crippen LogP contribution in [0, 0.1) is 0 Å². The van der Waals surface area contributed by atoms with Gasteiger partial charge >= 0.3 is 11.9 Å². The van der Waals surface area contributed by atoms with Gasteiger partial charge in [-0.05, 0) is 48.5 Å². The molecule has 0 amide bonds. The molecule has 0 aliphatic rings. The lowest BCUT2D eigenvalue weighted by molar-refractivity contribution is 0.0590. The first kappa shape index (κ1) is 19.3. The molecule has 26 heavy (non-hydrogen) atoms. The van der Waals surface area contributed by atoms with Crippen LogP contribution in [-0.2, 0) is 9.47 Å². The monoisotopic (exact) mass is 360 g/mol. The Kier molecular flexibility index (Phi) is 6.99. The van der Waals surface area contributed by atoms with Crippen LogP contribution in [0.4, 0.5) is 0 Å². The van der Waals surface area contributed by atoms with Crippen LogP contribution in [0.25, 0.3) is 0 Å². The van der Waals surface area contributed by atoms with E-state index in [0.717, 1.165) is 0 Å². The standard InChI is InChI=1S/C19H20O7/c1-23-18(21)13-3-7-15(8-4-13)25-12-17(11-20)26-16-9-5-14(6-10-16)19(22)24-2/h3-10,17,20H,11-12H2,1-2H3. The van der Waals surface area contributed by atoms with E-state index in [4.69, 9.17) is 9.47 Å². The molecule has 0 saturated heterocycles. The first-order chi connectivity index (χ1) is 12.6. The van der Waals surface area contributed by atoms with Crippen molar-refractivity contribution in [1.29, 1.82) is 0 Å². The second-order valence-corrected chi connectivity index (χ2v) is 5.27. The van der Waals surface area contributed by atoms with E-state index in [1.54, 1.807) is 48.5 Å². The maximum absolute atomic E-state index is 11.4. The van der Waals surface area contributed by atoms with Crippen molar-refractivity contribution in [1.82, 2.24) is 0 Å². The molecule has 0 aliphatic carbocycles. The van der Waals surface area contributed by atoms with Crippen molar-refractivity contribution in [3.63, 3.8) is 0 Å². The Morgan fingerprint density at radius 3 is 1.73 bits per heavy atom. The van der Waals surface area contributed by atoms with Crippen LogP contribution in [-0.4, -0.2) is 50.6 Å². The lowest BCUT2D eigenvalue weighted by Gasteiger charge is -2.18. The molecule has 1 unspecified atom stereocenters. The van der Waals surface area contributed by atoms with Gasteiger partial charge in [0.1, 0.15) is 18.1 Å². The second-order valence-electron chi connectivity index (χ2n) is 5.27. The highest BCUT2D eigenvalue weighted by Crippen LogP contribution is 2.17. The van der Waals surface area contributed by atoms with E-state index < -0.39 is 18.0 Å². The highest BCUT2D eigenvalue weighted by Gasteiger charge is 2.12. The van der Waals surface area contributed by atoms with Crippen molar-refractivity contribution in [3.8, 4) is 11.5 Å². The molecule has 7 heteroatoms. The molecule has 1 N–H and O–H groups in total. The topological polar surface area (TPSA) is 91.3 Å². The van der Waals surface area contributed by atoms with Crippen LogP contribution >= 0.6 is 0 Å². The fourth-order valence-corrected chi connectivity index (χ4v) is 2.10. The van der Waals surface area contributed by atoms with Gasteiger partial charge in [0.2, 0.25) is 0 Å². The van der Waals surface area contributed by atoms with E-state index in [0.29, 0.717) is 22.6 Å². The fourth-order valence-electron chi connectivity index (χ4n) is 2.10. The highest BCUT2D eigenvalue weighted by molar-refractivity contribution is 5.89. The molecule has 0 saturated carbocycles. The van der Waals surface area contributed by atoms with Crippen LogP contribution < -0.4 is 9.47 Å². The molecule has 138 valence electrons. The Balaban J connectivity index is 1.91. The van der Waals surface area contributed by atoms with E-state index in [9.17, 15) is 14.7 Å². The molecule has 2 aromatic rings. The Bertz CT molecular complexity index is 723. The molecule has 0 aliphatic heterocycles. The quantitative estimate of drug-likeness (QED) is 0.721. The molecule has 7 nitrogen and oxygen atoms in total. The number of rotatable bonds is 8. The Hall–Kier alpha value is -3.06. The molecule has 0 bridgehead atoms. The summed E-state index contributed by atoms with van der Waals surface area (Å²) in [7, 11) is 2.62. The number of hydrogen-bond donors (Lipinski definition) is 1. The number of benzene rings is 2. The summed E-state index contributed by atoms with van der Waals surface area (Å²) in [4.78, 5) is 22.8. The van der Waals surface area contributed by atoms with Gasteiger partial charge in [0.05, 0.1) is 32.0 Å². The third-order valence-electron chi connectivity index (χ3n) is 3.49. The predicted molar refractivity (Wildman–Crippen MR) is 92.6 cm³/mol. The van der Waals surface area contributed by atoms with Gasteiger partial charge in [-0.2, -0.15) is 0 Å². The fraction of sp³-hybridized carbons (Fsp3) is 0.263. The van der Waals surface area contributed by atoms with Crippen LogP contribution in [0.1, 0.15) is 20.7 Å². The van der Waals surface area contributed by atoms with E-state index in [2.05, 4.69) is 9.47 Å². The summed E-state index contributed by atoms with van der Waals surface area (Å²) >= 11 is 0. The number of ether oxygens (including phenoxy) is 4. The van der Waals surface area contributed by atoms with Gasteiger partial charge in [0, 0.05) is 0 Å². The van der Waals surface area contributed by atoms with E-state index in [1.165, 1.54) is 14.2 Å². The molecule has 0 aromatic heterocycles. The molecule has 2 rings (SSSR count). The number of aliphatic hydroxyl groups is 1. The molecule has 2 aromatic carbocycles. The first-order valence-corrected chi connectivity index (χ1v) is 7.84. The van der Waals surface area contributed by atoms with Gasteiger partial charge in [0.15, 0.2) is 6.10 Å². The smallest absolute Gasteiger partial charge is 0.337 e. The summed E-state index contributed by atoms with van der Waals surface area (Å²) in [5.41, 5.74) is 0.822. The van der Waals surface area contributed by atoms with E-state index >= 15 is 0 Å². The van der Waals surface area contributed by atoms with Gasteiger partial charge in [0.25, 0.3) is 0 Å². The van der Waals surface area contributed by atoms with Gasteiger partial charge < -0.3 is 24.1 Å². The van der Waals surface area contributed by atoms with Crippen molar-refractivity contribution in [2.45, 2.75) is 6.10 Å². The zero-order valence-electron chi connectivity index (χ0n) is 14.5. The predicted octanol–water partition coefficient (Wildman–Crippen LogP) is 2.08. The lowest BCUT2D eigenvalue weighted by Crippen LogP contribution is -2.28. The van der Waals surface area contributed by atoms with Gasteiger partial charge in [-0.3, -0.25) is 0 Å². The number of esters is 2. The average Bonchev–Trinajstić information content (AvgIpc) is 2.70. The normalized spacial score (nSPS) is 11.3. The van der Waals surface area contributed by atoms with Crippen LogP contribution in [0.2, 0.25) is 0 Å². The zero-order chi connectivity index (χ0) is 18.9. The van der Waals surface area contributed by atoms with Gasteiger partial charge in [-0.25, -0.2) is 9.59 Å². The average molecular weight is 360 g/mol. The van der Waals surface area contributed by atoms with Crippen LogP contribution in [0.15, 0.2) is 48.5 Å². The van der Waals surface area contributed by atoms with Gasteiger partial charge in [-0.15, -0.1) is 0 Å². The summed E-state index contributed by atoms with van der Waals surface area (Å²) in [6.45, 7) is -0.147. The summed E-state index contributed by atoms with van der Waals surface area (Å²) in [5.74, 6) is 0.152. The van der Waals surface area contributed by atoms with Crippen LogP contribution in [0.3, 0.4) is 0 Å². The maximum atomic E-state index is 11.4. The molecule has 0 fully saturated rings. The number of aliphatic hydroxyl groups excluding tert-OH is 1. The molecule has 1 atom stereocenters. The molecular weight excluding hydrogens is 340 g/mol. The first-order valence-electron chi connectivity index (χ1n) is 7.84. The minimum atomic E-state index is -0.598. The number of carbonyl (C=O) groups excluding carboxylic acids is 2. The molecule has 0 heterocycles. The lowest BCUT2D eigenvalue weighted by atomic mass is 10.2. The maximum Gasteiger partial charge on any atom is 0.337 e. The highest BCUT2D eigenvalue weighted by atomic mass is 16.5.